The highest BCUT2D eigenvalue weighted by Crippen LogP contribution is 2.24. The first-order valence-corrected chi connectivity index (χ1v) is 7.31. The van der Waals surface area contributed by atoms with Crippen molar-refractivity contribution in [2.45, 2.75) is 13.0 Å². The minimum absolute atomic E-state index is 0.0378. The van der Waals surface area contributed by atoms with E-state index in [0.717, 1.165) is 0 Å². The van der Waals surface area contributed by atoms with E-state index in [1.165, 1.54) is 19.1 Å². The van der Waals surface area contributed by atoms with Crippen molar-refractivity contribution in [3.05, 3.63) is 50.1 Å². The number of carbonyl (C=O) groups excluding carboxylic acids is 2. The molecule has 0 fully saturated rings. The molecule has 0 aliphatic carbocycles. The molecule has 11 nitrogen and oxygen atoms in total. The van der Waals surface area contributed by atoms with Gasteiger partial charge < -0.3 is 14.4 Å². The summed E-state index contributed by atoms with van der Waals surface area (Å²) in [6.45, 7) is 0.462. The van der Waals surface area contributed by atoms with Gasteiger partial charge in [0.1, 0.15) is 18.5 Å². The van der Waals surface area contributed by atoms with Crippen LogP contribution in [0.15, 0.2) is 24.3 Å². The third-order valence-corrected chi connectivity index (χ3v) is 3.38. The Hall–Kier alpha value is -2.89. The molecule has 0 heterocycles. The molecule has 1 aromatic carbocycles. The van der Waals surface area contributed by atoms with Crippen molar-refractivity contribution >= 4 is 22.8 Å². The van der Waals surface area contributed by atoms with Gasteiger partial charge in [0.05, 0.1) is 5.56 Å². The van der Waals surface area contributed by atoms with Gasteiger partial charge in [-0.3, -0.25) is 9.59 Å². The highest BCUT2D eigenvalue weighted by molar-refractivity contribution is 8.14. The molecule has 130 valence electrons. The molecule has 0 bridgehead atoms. The minimum Gasteiger partial charge on any atom is -0.426 e. The Balaban J connectivity index is 2.72. The highest BCUT2D eigenvalue weighted by Gasteiger charge is 2.20. The lowest BCUT2D eigenvalue weighted by Crippen LogP contribution is -2.27. The van der Waals surface area contributed by atoms with Crippen LogP contribution >= 0.6 is 11.8 Å². The smallest absolute Gasteiger partial charge is 0.308 e. The summed E-state index contributed by atoms with van der Waals surface area (Å²) in [5.41, 5.74) is 0.0766. The number of esters is 1. The Morgan fingerprint density at radius 1 is 1.21 bits per heavy atom. The third kappa shape index (κ3) is 6.91. The summed E-state index contributed by atoms with van der Waals surface area (Å²) in [7, 11) is 0. The summed E-state index contributed by atoms with van der Waals surface area (Å²) >= 11 is 0.610. The first-order chi connectivity index (χ1) is 11.3. The van der Waals surface area contributed by atoms with Crippen molar-refractivity contribution in [3.8, 4) is 5.75 Å². The fourth-order valence-electron chi connectivity index (χ4n) is 1.50. The number of nitrogens with zero attached hydrogens (tertiary/aromatic N) is 2. The summed E-state index contributed by atoms with van der Waals surface area (Å²) in [5, 5.41) is 17.7. The summed E-state index contributed by atoms with van der Waals surface area (Å²) in [6, 6.07) is 5.92. The second-order valence-electron chi connectivity index (χ2n) is 4.16. The normalized spacial score (nSPS) is 11.2. The number of carbonyl (C=O) groups is 2. The monoisotopic (exact) mass is 360 g/mol. The molecule has 24 heavy (non-hydrogen) atoms. The van der Waals surface area contributed by atoms with Gasteiger partial charge in [-0.05, 0) is 12.1 Å². The summed E-state index contributed by atoms with van der Waals surface area (Å²) in [6.07, 6.45) is -1.32. The zero-order chi connectivity index (χ0) is 18.1. The van der Waals surface area contributed by atoms with Crippen molar-refractivity contribution in [2.24, 2.45) is 0 Å². The van der Waals surface area contributed by atoms with Gasteiger partial charge in [-0.2, -0.15) is 0 Å². The van der Waals surface area contributed by atoms with Crippen LogP contribution in [-0.2, 0) is 14.5 Å². The van der Waals surface area contributed by atoms with Crippen LogP contribution in [0, 0.1) is 20.2 Å². The van der Waals surface area contributed by atoms with Gasteiger partial charge in [0.25, 0.3) is 10.2 Å². The van der Waals surface area contributed by atoms with E-state index < -0.39 is 34.0 Å². The molecular weight excluding hydrogens is 348 g/mol. The maximum Gasteiger partial charge on any atom is 0.308 e. The van der Waals surface area contributed by atoms with Crippen LogP contribution in [0.3, 0.4) is 0 Å². The van der Waals surface area contributed by atoms with Gasteiger partial charge in [0.2, 0.25) is 5.12 Å². The molecule has 1 unspecified atom stereocenters. The predicted molar refractivity (Wildman–Crippen MR) is 79.4 cm³/mol. The minimum atomic E-state index is -1.32. The predicted octanol–water partition coefficient (Wildman–Crippen LogP) is 1.27. The molecule has 1 rings (SSSR count). The molecule has 0 aliphatic rings. The fraction of sp³-hybridized carbons (Fsp3) is 0.333. The molecule has 0 saturated carbocycles. The number of hydrogen-bond donors (Lipinski definition) is 0. The molecule has 1 aromatic rings. The third-order valence-electron chi connectivity index (χ3n) is 2.36. The second kappa shape index (κ2) is 9.29. The van der Waals surface area contributed by atoms with Crippen LogP contribution in [0.2, 0.25) is 0 Å². The fourth-order valence-corrected chi connectivity index (χ4v) is 2.32. The molecule has 12 heteroatoms. The maximum absolute atomic E-state index is 12.1. The zero-order valence-corrected chi connectivity index (χ0v) is 13.1. The Morgan fingerprint density at radius 2 is 1.88 bits per heavy atom. The summed E-state index contributed by atoms with van der Waals surface area (Å²) in [4.78, 5) is 51.9. The van der Waals surface area contributed by atoms with Crippen molar-refractivity contribution in [1.82, 2.24) is 0 Å². The first kappa shape index (κ1) is 19.2. The lowest BCUT2D eigenvalue weighted by Gasteiger charge is -2.13. The highest BCUT2D eigenvalue weighted by atomic mass is 32.2. The summed E-state index contributed by atoms with van der Waals surface area (Å²) in [5.74, 6) is -0.854. The number of para-hydroxylation sites is 1. The van der Waals surface area contributed by atoms with Gasteiger partial charge in [0.15, 0.2) is 0 Å². The van der Waals surface area contributed by atoms with Crippen molar-refractivity contribution in [3.63, 3.8) is 0 Å². The largest absolute Gasteiger partial charge is 0.426 e. The van der Waals surface area contributed by atoms with Gasteiger partial charge >= 0.3 is 5.97 Å². The van der Waals surface area contributed by atoms with E-state index in [4.69, 9.17) is 4.74 Å². The number of ether oxygens (including phenoxy) is 1. The Kier molecular flexibility index (Phi) is 7.42. The molecule has 0 aliphatic heterocycles. The molecule has 0 spiro atoms. The SMILES string of the molecule is CC(=O)Oc1ccccc1C(=O)SCC(CO[N+](=O)[O-])O[N+](=O)[O-]. The molecule has 0 aromatic heterocycles. The van der Waals surface area contributed by atoms with Crippen molar-refractivity contribution in [1.29, 1.82) is 0 Å². The van der Waals surface area contributed by atoms with Crippen LogP contribution in [0.25, 0.3) is 0 Å². The van der Waals surface area contributed by atoms with Gasteiger partial charge in [-0.25, -0.2) is 0 Å². The topological polar surface area (TPSA) is 148 Å². The number of rotatable bonds is 9. The van der Waals surface area contributed by atoms with E-state index in [9.17, 15) is 29.8 Å². The quantitative estimate of drug-likeness (QED) is 0.273. The van der Waals surface area contributed by atoms with Crippen LogP contribution in [-0.4, -0.2) is 39.7 Å². The molecule has 0 radical (unpaired) electrons. The maximum atomic E-state index is 12.1. The van der Waals surface area contributed by atoms with Crippen molar-refractivity contribution in [2.75, 3.05) is 12.4 Å². The van der Waals surface area contributed by atoms with E-state index >= 15 is 0 Å². The van der Waals surface area contributed by atoms with E-state index in [1.807, 2.05) is 0 Å². The zero-order valence-electron chi connectivity index (χ0n) is 12.3. The van der Waals surface area contributed by atoms with Crippen LogP contribution in [0.1, 0.15) is 17.3 Å². The van der Waals surface area contributed by atoms with Crippen LogP contribution < -0.4 is 4.74 Å². The average molecular weight is 360 g/mol. The summed E-state index contributed by atoms with van der Waals surface area (Å²) < 4.78 is 4.89. The van der Waals surface area contributed by atoms with Gasteiger partial charge in [0, 0.05) is 12.7 Å². The number of hydrogen-bond acceptors (Lipinski definition) is 10. The Labute approximate surface area is 139 Å². The molecule has 1 atom stereocenters. The molecule has 0 amide bonds. The van der Waals surface area contributed by atoms with Crippen LogP contribution in [0.5, 0.6) is 5.75 Å². The second-order valence-corrected chi connectivity index (χ2v) is 5.15. The first-order valence-electron chi connectivity index (χ1n) is 6.32. The Bertz CT molecular complexity index is 637. The van der Waals surface area contributed by atoms with E-state index in [-0.39, 0.29) is 17.1 Å². The number of benzene rings is 1. The van der Waals surface area contributed by atoms with Gasteiger partial charge in [-0.1, -0.05) is 23.9 Å². The number of thioether (sulfide) groups is 1. The van der Waals surface area contributed by atoms with Crippen molar-refractivity contribution < 1.29 is 34.2 Å². The lowest BCUT2D eigenvalue weighted by atomic mass is 10.2. The molecular formula is C12H12N2O9S. The van der Waals surface area contributed by atoms with Crippen LogP contribution in [0.4, 0.5) is 0 Å². The van der Waals surface area contributed by atoms with E-state index in [0.29, 0.717) is 11.8 Å². The van der Waals surface area contributed by atoms with Gasteiger partial charge in [-0.15, -0.1) is 20.2 Å². The standard InChI is InChI=1S/C12H12N2O9S/c1-8(15)22-11-5-3-2-4-10(11)12(16)24-7-9(23-14(19)20)6-21-13(17)18/h2-5,9H,6-7H2,1H3. The Morgan fingerprint density at radius 3 is 2.46 bits per heavy atom. The molecule has 0 saturated heterocycles. The average Bonchev–Trinajstić information content (AvgIpc) is 2.49. The van der Waals surface area contributed by atoms with E-state index in [1.54, 1.807) is 12.1 Å². The molecule has 0 N–H and O–H groups in total. The van der Waals surface area contributed by atoms with E-state index in [2.05, 4.69) is 9.68 Å². The lowest BCUT2D eigenvalue weighted by molar-refractivity contribution is -0.788.